The molecule has 184 valence electrons. The Balaban J connectivity index is 1.53. The van der Waals surface area contributed by atoms with Gasteiger partial charge in [-0.1, -0.05) is 37.3 Å². The first-order chi connectivity index (χ1) is 16.3. The second-order valence-electron chi connectivity index (χ2n) is 8.21. The van der Waals surface area contributed by atoms with Crippen LogP contribution < -0.4 is 4.90 Å². The summed E-state index contributed by atoms with van der Waals surface area (Å²) in [6, 6.07) is 8.16. The molecule has 11 heteroatoms. The molecule has 34 heavy (non-hydrogen) atoms. The predicted molar refractivity (Wildman–Crippen MR) is 136 cm³/mol. The molecule has 2 aromatic heterocycles. The Morgan fingerprint density at radius 3 is 2.50 bits per heavy atom. The second kappa shape index (κ2) is 10.8. The van der Waals surface area contributed by atoms with Crippen molar-refractivity contribution in [3.8, 4) is 0 Å². The topological polar surface area (TPSA) is 73.8 Å². The van der Waals surface area contributed by atoms with Crippen molar-refractivity contribution in [1.82, 2.24) is 14.2 Å². The van der Waals surface area contributed by atoms with Crippen LogP contribution in [0.4, 0.5) is 9.52 Å². The lowest BCUT2D eigenvalue weighted by Gasteiger charge is -2.33. The Labute approximate surface area is 207 Å². The molecule has 0 saturated carbocycles. The van der Waals surface area contributed by atoms with Gasteiger partial charge < -0.3 is 4.90 Å². The Morgan fingerprint density at radius 1 is 1.15 bits per heavy atom. The number of para-hydroxylation sites is 1. The fourth-order valence-electron chi connectivity index (χ4n) is 4.20. The number of fused-ring (bicyclic) bond motifs is 1. The van der Waals surface area contributed by atoms with E-state index in [0.717, 1.165) is 13.1 Å². The minimum absolute atomic E-state index is 0.0696. The smallest absolute Gasteiger partial charge is 0.252 e. The molecule has 7 nitrogen and oxygen atoms in total. The maximum Gasteiger partial charge on any atom is 0.252 e. The zero-order valence-electron chi connectivity index (χ0n) is 19.3. The van der Waals surface area contributed by atoms with Crippen LogP contribution in [0.1, 0.15) is 26.7 Å². The first-order valence-corrected chi connectivity index (χ1v) is 14.6. The summed E-state index contributed by atoms with van der Waals surface area (Å²) in [4.78, 5) is 22.0. The van der Waals surface area contributed by atoms with Crippen LogP contribution in [-0.2, 0) is 14.8 Å². The second-order valence-corrected chi connectivity index (χ2v) is 12.3. The number of piperidine rings is 1. The lowest BCUT2D eigenvalue weighted by Crippen LogP contribution is -2.46. The summed E-state index contributed by atoms with van der Waals surface area (Å²) in [5.74, 6) is -0.772. The van der Waals surface area contributed by atoms with Crippen molar-refractivity contribution in [1.29, 1.82) is 0 Å². The van der Waals surface area contributed by atoms with Crippen molar-refractivity contribution in [2.45, 2.75) is 30.9 Å². The molecule has 1 fully saturated rings. The molecule has 4 rings (SSSR count). The van der Waals surface area contributed by atoms with Crippen LogP contribution >= 0.6 is 22.7 Å². The van der Waals surface area contributed by atoms with Gasteiger partial charge in [0.05, 0.1) is 4.70 Å². The molecule has 1 aliphatic heterocycles. The van der Waals surface area contributed by atoms with Crippen molar-refractivity contribution in [3.63, 3.8) is 0 Å². The number of anilines is 1. The van der Waals surface area contributed by atoms with E-state index in [1.807, 2.05) is 0 Å². The van der Waals surface area contributed by atoms with Crippen LogP contribution in [0.2, 0.25) is 0 Å². The number of benzene rings is 1. The maximum absolute atomic E-state index is 14.3. The number of likely N-dealkylation sites (N-methyl/N-ethyl adjacent to an activating group) is 1. The highest BCUT2D eigenvalue weighted by Gasteiger charge is 2.35. The van der Waals surface area contributed by atoms with Crippen molar-refractivity contribution >= 4 is 54.0 Å². The number of halogens is 1. The summed E-state index contributed by atoms with van der Waals surface area (Å²) in [5.41, 5.74) is 0.278. The Kier molecular flexibility index (Phi) is 7.98. The highest BCUT2D eigenvalue weighted by atomic mass is 32.2. The molecule has 0 aliphatic carbocycles. The Bertz CT molecular complexity index is 1220. The number of amides is 1. The van der Waals surface area contributed by atoms with Crippen molar-refractivity contribution in [2.24, 2.45) is 5.92 Å². The molecule has 0 radical (unpaired) electrons. The van der Waals surface area contributed by atoms with Crippen LogP contribution in [-0.4, -0.2) is 67.8 Å². The lowest BCUT2D eigenvalue weighted by molar-refractivity contribution is -0.123. The van der Waals surface area contributed by atoms with Gasteiger partial charge in [-0.25, -0.2) is 17.8 Å². The average molecular weight is 525 g/mol. The van der Waals surface area contributed by atoms with E-state index in [4.69, 9.17) is 0 Å². The van der Waals surface area contributed by atoms with Crippen LogP contribution in [0.15, 0.2) is 39.9 Å². The maximum atomic E-state index is 14.3. The zero-order valence-corrected chi connectivity index (χ0v) is 21.8. The molecule has 3 heterocycles. The molecule has 1 amide bonds. The monoisotopic (exact) mass is 524 g/mol. The fraction of sp³-hybridized carbons (Fsp3) is 0.478. The van der Waals surface area contributed by atoms with Gasteiger partial charge in [0.15, 0.2) is 5.13 Å². The van der Waals surface area contributed by atoms with Crippen molar-refractivity contribution in [3.05, 3.63) is 41.5 Å². The number of carbonyl (C=O) groups excluding carboxylic acids is 1. The van der Waals surface area contributed by atoms with Crippen molar-refractivity contribution in [2.75, 3.05) is 44.2 Å². The van der Waals surface area contributed by atoms with E-state index in [9.17, 15) is 17.6 Å². The number of rotatable bonds is 9. The Hall–Kier alpha value is -1.92. The number of thiazole rings is 1. The number of nitrogens with zero attached hydrogens (tertiary/aromatic N) is 4. The molecule has 0 atom stereocenters. The quantitative estimate of drug-likeness (QED) is 0.418. The van der Waals surface area contributed by atoms with Crippen LogP contribution in [0.3, 0.4) is 0 Å². The van der Waals surface area contributed by atoms with E-state index in [0.29, 0.717) is 53.1 Å². The van der Waals surface area contributed by atoms with E-state index in [2.05, 4.69) is 23.7 Å². The third kappa shape index (κ3) is 5.18. The van der Waals surface area contributed by atoms with Gasteiger partial charge in [-0.2, -0.15) is 4.31 Å². The third-order valence-corrected chi connectivity index (χ3v) is 10.6. The van der Waals surface area contributed by atoms with Crippen molar-refractivity contribution < 1.29 is 17.6 Å². The summed E-state index contributed by atoms with van der Waals surface area (Å²) in [5, 5.41) is 2.24. The number of sulfonamides is 1. The van der Waals surface area contributed by atoms with Gasteiger partial charge in [-0.3, -0.25) is 9.69 Å². The van der Waals surface area contributed by atoms with Gasteiger partial charge in [0, 0.05) is 32.1 Å². The van der Waals surface area contributed by atoms with Gasteiger partial charge in [-0.05, 0) is 49.5 Å². The zero-order chi connectivity index (χ0) is 24.3. The number of thiophene rings is 1. The molecule has 3 aromatic rings. The number of hydrogen-bond donors (Lipinski definition) is 0. The third-order valence-electron chi connectivity index (χ3n) is 6.28. The van der Waals surface area contributed by atoms with Crippen LogP contribution in [0, 0.1) is 11.7 Å². The van der Waals surface area contributed by atoms with E-state index < -0.39 is 15.8 Å². The molecular weight excluding hydrogens is 495 g/mol. The number of carbonyl (C=O) groups is 1. The highest BCUT2D eigenvalue weighted by Crippen LogP contribution is 2.33. The largest absolute Gasteiger partial charge is 0.302 e. The minimum Gasteiger partial charge on any atom is -0.302 e. The minimum atomic E-state index is -3.52. The predicted octanol–water partition coefficient (Wildman–Crippen LogP) is 4.27. The number of hydrogen-bond acceptors (Lipinski definition) is 7. The van der Waals surface area contributed by atoms with Crippen LogP contribution in [0.5, 0.6) is 0 Å². The van der Waals surface area contributed by atoms with E-state index in [1.54, 1.807) is 34.5 Å². The summed E-state index contributed by atoms with van der Waals surface area (Å²) < 4.78 is 42.5. The first kappa shape index (κ1) is 25.2. The Morgan fingerprint density at radius 2 is 1.88 bits per heavy atom. The first-order valence-electron chi connectivity index (χ1n) is 11.5. The van der Waals surface area contributed by atoms with E-state index >= 15 is 0 Å². The molecule has 1 aromatic carbocycles. The molecule has 0 unspecified atom stereocenters. The molecule has 1 aliphatic rings. The van der Waals surface area contributed by atoms with Gasteiger partial charge >= 0.3 is 0 Å². The van der Waals surface area contributed by atoms with Gasteiger partial charge in [0.25, 0.3) is 10.0 Å². The number of aromatic nitrogens is 1. The normalized spacial score (nSPS) is 15.9. The van der Waals surface area contributed by atoms with Gasteiger partial charge in [0.1, 0.15) is 15.5 Å². The van der Waals surface area contributed by atoms with Gasteiger partial charge in [0.2, 0.25) is 5.91 Å². The summed E-state index contributed by atoms with van der Waals surface area (Å²) in [7, 11) is -3.52. The molecule has 0 spiro atoms. The summed E-state index contributed by atoms with van der Waals surface area (Å²) >= 11 is 2.51. The SMILES string of the molecule is CCN(CC)CCN(C(=O)C1CCN(S(=O)(=O)c2cccs2)CC1)c1nc2c(F)cccc2s1. The molecule has 0 bridgehead atoms. The standard InChI is InChI=1S/C23H29FN4O3S3/c1-3-26(4-2)14-15-28(23-25-21-18(24)7-5-8-19(21)33-23)22(29)17-10-12-27(13-11-17)34(30,31)20-9-6-16-32-20/h5-9,16-17H,3-4,10-15H2,1-2H3. The molecular formula is C23H29FN4O3S3. The average Bonchev–Trinajstić information content (AvgIpc) is 3.53. The summed E-state index contributed by atoms with van der Waals surface area (Å²) in [6.07, 6.45) is 0.898. The molecule has 1 saturated heterocycles. The summed E-state index contributed by atoms with van der Waals surface area (Å²) in [6.45, 7) is 7.62. The van der Waals surface area contributed by atoms with Crippen LogP contribution in [0.25, 0.3) is 10.2 Å². The van der Waals surface area contributed by atoms with E-state index in [-0.39, 0.29) is 17.3 Å². The molecule has 0 N–H and O–H groups in total. The van der Waals surface area contributed by atoms with Gasteiger partial charge in [-0.15, -0.1) is 11.3 Å². The highest BCUT2D eigenvalue weighted by molar-refractivity contribution is 7.91. The van der Waals surface area contributed by atoms with E-state index in [1.165, 1.54) is 33.0 Å². The fourth-order valence-corrected chi connectivity index (χ4v) is 7.83. The lowest BCUT2D eigenvalue weighted by atomic mass is 9.96.